The summed E-state index contributed by atoms with van der Waals surface area (Å²) in [6.07, 6.45) is 0.762. The molecule has 3 rings (SSSR count). The molecule has 0 aromatic heterocycles. The molecule has 0 spiro atoms. The number of nitro benzene ring substituents is 1. The van der Waals surface area contributed by atoms with Gasteiger partial charge in [0.05, 0.1) is 25.2 Å². The van der Waals surface area contributed by atoms with Crippen molar-refractivity contribution in [2.75, 3.05) is 27.6 Å². The Morgan fingerprint density at radius 1 is 1.06 bits per heavy atom. The highest BCUT2D eigenvalue weighted by Crippen LogP contribution is 2.34. The Morgan fingerprint density at radius 3 is 2.28 bits per heavy atom. The van der Waals surface area contributed by atoms with Crippen molar-refractivity contribution >= 4 is 17.6 Å². The van der Waals surface area contributed by atoms with Gasteiger partial charge in [-0.2, -0.15) is 0 Å². The van der Waals surface area contributed by atoms with E-state index >= 15 is 0 Å². The van der Waals surface area contributed by atoms with Crippen LogP contribution >= 0.6 is 0 Å². The molecule has 0 atom stereocenters. The molecular weight excluding hydrogens is 428 g/mol. The molecule has 1 aliphatic heterocycles. The fourth-order valence-corrected chi connectivity index (χ4v) is 2.77. The van der Waals surface area contributed by atoms with E-state index in [1.807, 2.05) is 18.2 Å². The van der Waals surface area contributed by atoms with Gasteiger partial charge in [0.2, 0.25) is 6.79 Å². The molecule has 172 valence electrons. The fourth-order valence-electron chi connectivity index (χ4n) is 2.77. The average molecular weight is 450 g/mol. The summed E-state index contributed by atoms with van der Waals surface area (Å²) in [5, 5.41) is 29.3. The van der Waals surface area contributed by atoms with E-state index in [0.29, 0.717) is 30.2 Å². The molecule has 1 heterocycles. The Labute approximate surface area is 182 Å². The van der Waals surface area contributed by atoms with E-state index in [1.165, 1.54) is 20.3 Å². The lowest BCUT2D eigenvalue weighted by Crippen LogP contribution is -2.17. The van der Waals surface area contributed by atoms with Crippen LogP contribution in [-0.2, 0) is 22.6 Å². The van der Waals surface area contributed by atoms with Crippen LogP contribution in [0.5, 0.6) is 23.0 Å². The Kier molecular flexibility index (Phi) is 8.60. The van der Waals surface area contributed by atoms with Crippen LogP contribution in [0.15, 0.2) is 30.3 Å². The molecule has 12 nitrogen and oxygen atoms in total. The van der Waals surface area contributed by atoms with Gasteiger partial charge in [-0.1, -0.05) is 6.07 Å². The zero-order valence-corrected chi connectivity index (χ0v) is 17.3. The molecule has 2 aromatic rings. The zero-order chi connectivity index (χ0) is 23.7. The lowest BCUT2D eigenvalue weighted by Gasteiger charge is -2.11. The van der Waals surface area contributed by atoms with E-state index in [1.54, 1.807) is 6.07 Å². The van der Waals surface area contributed by atoms with Crippen LogP contribution in [0.4, 0.5) is 5.69 Å². The number of aliphatic carboxylic acids is 2. The van der Waals surface area contributed by atoms with Gasteiger partial charge in [0, 0.05) is 12.1 Å². The molecule has 0 fully saturated rings. The summed E-state index contributed by atoms with van der Waals surface area (Å²) in [6, 6.07) is 8.83. The van der Waals surface area contributed by atoms with Crippen molar-refractivity contribution in [2.24, 2.45) is 0 Å². The second-order valence-electron chi connectivity index (χ2n) is 6.32. The number of hydrogen-bond acceptors (Lipinski definition) is 9. The van der Waals surface area contributed by atoms with Gasteiger partial charge in [0.15, 0.2) is 23.0 Å². The van der Waals surface area contributed by atoms with Gasteiger partial charge in [0.1, 0.15) is 0 Å². The van der Waals surface area contributed by atoms with Crippen LogP contribution in [0.1, 0.15) is 11.1 Å². The molecule has 0 amide bonds. The number of ether oxygens (including phenoxy) is 4. The number of carbonyl (C=O) groups is 2. The minimum Gasteiger partial charge on any atom is -0.493 e. The van der Waals surface area contributed by atoms with Crippen molar-refractivity contribution in [3.05, 3.63) is 51.6 Å². The Hall–Kier alpha value is -4.06. The fraction of sp³-hybridized carbons (Fsp3) is 0.300. The van der Waals surface area contributed by atoms with Crippen LogP contribution in [0, 0.1) is 10.1 Å². The number of nitrogens with one attached hydrogen (secondary N) is 1. The highest BCUT2D eigenvalue weighted by molar-refractivity contribution is 6.27. The number of nitrogens with zero attached hydrogens (tertiary/aromatic N) is 1. The number of hydrogen-bond donors (Lipinski definition) is 3. The van der Waals surface area contributed by atoms with E-state index in [4.69, 9.17) is 38.7 Å². The summed E-state index contributed by atoms with van der Waals surface area (Å²) in [6.45, 7) is 1.26. The second kappa shape index (κ2) is 11.4. The largest absolute Gasteiger partial charge is 0.493 e. The normalized spacial score (nSPS) is 11.2. The van der Waals surface area contributed by atoms with Gasteiger partial charge in [-0.15, -0.1) is 0 Å². The van der Waals surface area contributed by atoms with E-state index in [-0.39, 0.29) is 12.5 Å². The van der Waals surface area contributed by atoms with E-state index in [0.717, 1.165) is 23.5 Å². The Bertz CT molecular complexity index is 981. The highest BCUT2D eigenvalue weighted by Gasteiger charge is 2.19. The summed E-state index contributed by atoms with van der Waals surface area (Å²) >= 11 is 0. The Balaban J connectivity index is 0.000000534. The molecule has 0 aliphatic carbocycles. The summed E-state index contributed by atoms with van der Waals surface area (Å²) in [7, 11) is 2.95. The van der Waals surface area contributed by atoms with Crippen molar-refractivity contribution < 1.29 is 43.7 Å². The van der Waals surface area contributed by atoms with Gasteiger partial charge >= 0.3 is 11.9 Å². The van der Waals surface area contributed by atoms with Gasteiger partial charge in [-0.05, 0) is 36.7 Å². The summed E-state index contributed by atoms with van der Waals surface area (Å²) < 4.78 is 21.0. The first-order valence-corrected chi connectivity index (χ1v) is 9.21. The van der Waals surface area contributed by atoms with Crippen molar-refractivity contribution in [1.29, 1.82) is 0 Å². The molecule has 3 N–H and O–H groups in total. The van der Waals surface area contributed by atoms with E-state index < -0.39 is 16.9 Å². The standard InChI is InChI=1S/C18H20N2O6.C2H2O4/c1-23-16-8-13(14(20(21)22)9-17(16)24-2)10-19-6-5-12-3-4-15-18(7-12)26-11-25-15;3-1(4)2(5)6/h3-4,7-9,19H,5-6,10-11H2,1-2H3;(H,3,4)(H,5,6). The molecule has 1 aliphatic rings. The predicted octanol–water partition coefficient (Wildman–Crippen LogP) is 1.83. The molecule has 0 radical (unpaired) electrons. The molecule has 0 saturated carbocycles. The molecule has 0 bridgehead atoms. The minimum atomic E-state index is -1.82. The molecule has 32 heavy (non-hydrogen) atoms. The van der Waals surface area contributed by atoms with Crippen LogP contribution in [0.25, 0.3) is 0 Å². The number of fused-ring (bicyclic) bond motifs is 1. The van der Waals surface area contributed by atoms with Gasteiger partial charge in [-0.25, -0.2) is 9.59 Å². The van der Waals surface area contributed by atoms with Crippen molar-refractivity contribution in [1.82, 2.24) is 5.32 Å². The number of carboxylic acid groups (broad SMARTS) is 2. The number of nitro groups is 1. The smallest absolute Gasteiger partial charge is 0.414 e. The van der Waals surface area contributed by atoms with Crippen LogP contribution in [-0.4, -0.2) is 54.6 Å². The average Bonchev–Trinajstić information content (AvgIpc) is 3.24. The first kappa shape index (κ1) is 24.2. The first-order valence-electron chi connectivity index (χ1n) is 9.21. The SMILES string of the molecule is COc1cc(CNCCc2ccc3c(c2)OCO3)c([N+](=O)[O-])cc1OC.O=C(O)C(=O)O. The third kappa shape index (κ3) is 6.47. The molecule has 0 saturated heterocycles. The van der Waals surface area contributed by atoms with E-state index in [9.17, 15) is 10.1 Å². The maximum Gasteiger partial charge on any atom is 0.414 e. The summed E-state index contributed by atoms with van der Waals surface area (Å²) in [5.74, 6) is -1.35. The first-order chi connectivity index (χ1) is 15.3. The van der Waals surface area contributed by atoms with Crippen molar-refractivity contribution in [3.8, 4) is 23.0 Å². The lowest BCUT2D eigenvalue weighted by atomic mass is 10.1. The third-order valence-corrected chi connectivity index (χ3v) is 4.31. The maximum absolute atomic E-state index is 11.3. The number of benzene rings is 2. The van der Waals surface area contributed by atoms with Crippen LogP contribution in [0.2, 0.25) is 0 Å². The number of methoxy groups -OCH3 is 2. The van der Waals surface area contributed by atoms with Crippen molar-refractivity contribution in [2.45, 2.75) is 13.0 Å². The summed E-state index contributed by atoms with van der Waals surface area (Å²) in [4.78, 5) is 29.1. The summed E-state index contributed by atoms with van der Waals surface area (Å²) in [5.41, 5.74) is 1.64. The van der Waals surface area contributed by atoms with Gasteiger partial charge < -0.3 is 34.5 Å². The minimum absolute atomic E-state index is 0.00164. The molecular formula is C20H22N2O10. The number of rotatable bonds is 8. The predicted molar refractivity (Wildman–Crippen MR) is 109 cm³/mol. The number of carboxylic acids is 2. The molecule has 2 aromatic carbocycles. The highest BCUT2D eigenvalue weighted by atomic mass is 16.7. The lowest BCUT2D eigenvalue weighted by molar-refractivity contribution is -0.385. The van der Waals surface area contributed by atoms with Crippen LogP contribution in [0.3, 0.4) is 0 Å². The topological polar surface area (TPSA) is 167 Å². The quantitative estimate of drug-likeness (QED) is 0.232. The van der Waals surface area contributed by atoms with Crippen LogP contribution < -0.4 is 24.3 Å². The monoisotopic (exact) mass is 450 g/mol. The van der Waals surface area contributed by atoms with Gasteiger partial charge in [0.25, 0.3) is 5.69 Å². The Morgan fingerprint density at radius 2 is 1.69 bits per heavy atom. The van der Waals surface area contributed by atoms with Crippen molar-refractivity contribution in [3.63, 3.8) is 0 Å². The van der Waals surface area contributed by atoms with Gasteiger partial charge in [-0.3, -0.25) is 10.1 Å². The molecule has 12 heteroatoms. The molecule has 0 unspecified atom stereocenters. The maximum atomic E-state index is 11.3. The second-order valence-corrected chi connectivity index (χ2v) is 6.32. The zero-order valence-electron chi connectivity index (χ0n) is 17.3. The third-order valence-electron chi connectivity index (χ3n) is 4.31. The van der Waals surface area contributed by atoms with E-state index in [2.05, 4.69) is 5.32 Å².